The van der Waals surface area contributed by atoms with Crippen LogP contribution in [0.2, 0.25) is 0 Å². The van der Waals surface area contributed by atoms with Crippen LogP contribution in [0.25, 0.3) is 19.5 Å². The highest BCUT2D eigenvalue weighted by Gasteiger charge is 2.13. The summed E-state index contributed by atoms with van der Waals surface area (Å²) < 4.78 is 3.68. The lowest BCUT2D eigenvalue weighted by Crippen LogP contribution is -2.28. The van der Waals surface area contributed by atoms with E-state index in [4.69, 9.17) is 5.73 Å². The normalized spacial score (nSPS) is 12.3. The van der Waals surface area contributed by atoms with Crippen molar-refractivity contribution in [3.05, 3.63) is 35.2 Å². The maximum Gasteiger partial charge on any atom is 0.261 e. The molecular formula is C15H17ClN2OS2. The van der Waals surface area contributed by atoms with Gasteiger partial charge in [0, 0.05) is 27.4 Å². The summed E-state index contributed by atoms with van der Waals surface area (Å²) in [6, 6.07) is 10.4. The first kappa shape index (κ1) is 16.2. The topological polar surface area (TPSA) is 55.1 Å². The highest BCUT2D eigenvalue weighted by Crippen LogP contribution is 2.39. The molecule has 3 aromatic rings. The number of hydrogen-bond acceptors (Lipinski definition) is 4. The number of benzene rings is 1. The number of thiophene rings is 2. The fourth-order valence-electron chi connectivity index (χ4n) is 2.11. The van der Waals surface area contributed by atoms with E-state index in [2.05, 4.69) is 17.4 Å². The number of carbonyl (C=O) groups is 1. The van der Waals surface area contributed by atoms with E-state index in [0.29, 0.717) is 6.54 Å². The Bertz CT molecular complexity index is 763. The molecule has 3 rings (SSSR count). The molecule has 21 heavy (non-hydrogen) atoms. The lowest BCUT2D eigenvalue weighted by Gasteiger charge is -2.05. The first-order valence-corrected chi connectivity index (χ1v) is 8.23. The van der Waals surface area contributed by atoms with Gasteiger partial charge >= 0.3 is 0 Å². The molecule has 1 aromatic carbocycles. The van der Waals surface area contributed by atoms with Crippen LogP contribution in [0.3, 0.4) is 0 Å². The SMILES string of the molecule is CC(N)CCNC(=O)c1cc2sc3ccccc3c2s1.Cl. The number of fused-ring (bicyclic) bond motifs is 3. The van der Waals surface area contributed by atoms with E-state index in [-0.39, 0.29) is 24.4 Å². The Morgan fingerprint density at radius 2 is 2.05 bits per heavy atom. The molecule has 0 radical (unpaired) electrons. The fraction of sp³-hybridized carbons (Fsp3) is 0.267. The molecule has 0 aliphatic heterocycles. The summed E-state index contributed by atoms with van der Waals surface area (Å²) >= 11 is 3.31. The van der Waals surface area contributed by atoms with Gasteiger partial charge in [-0.05, 0) is 25.5 Å². The Labute approximate surface area is 137 Å². The molecule has 3 nitrogen and oxygen atoms in total. The highest BCUT2D eigenvalue weighted by atomic mass is 35.5. The zero-order valence-electron chi connectivity index (χ0n) is 11.6. The van der Waals surface area contributed by atoms with Gasteiger partial charge < -0.3 is 11.1 Å². The van der Waals surface area contributed by atoms with Crippen molar-refractivity contribution < 1.29 is 4.79 Å². The first-order valence-electron chi connectivity index (χ1n) is 6.60. The molecule has 1 unspecified atom stereocenters. The Kier molecular flexibility index (Phi) is 5.22. The first-order chi connectivity index (χ1) is 9.65. The van der Waals surface area contributed by atoms with Crippen LogP contribution in [0.15, 0.2) is 30.3 Å². The van der Waals surface area contributed by atoms with Gasteiger partial charge in [0.15, 0.2) is 0 Å². The summed E-state index contributed by atoms with van der Waals surface area (Å²) in [7, 11) is 0. The molecule has 3 N–H and O–H groups in total. The molecular weight excluding hydrogens is 324 g/mol. The van der Waals surface area contributed by atoms with Crippen LogP contribution in [0.1, 0.15) is 23.0 Å². The molecule has 1 atom stereocenters. The summed E-state index contributed by atoms with van der Waals surface area (Å²) in [5.41, 5.74) is 5.68. The van der Waals surface area contributed by atoms with Crippen molar-refractivity contribution in [3.63, 3.8) is 0 Å². The molecule has 0 spiro atoms. The molecule has 6 heteroatoms. The third-order valence-electron chi connectivity index (χ3n) is 3.16. The number of carbonyl (C=O) groups excluding carboxylic acids is 1. The monoisotopic (exact) mass is 340 g/mol. The summed E-state index contributed by atoms with van der Waals surface area (Å²) in [4.78, 5) is 12.9. The zero-order valence-corrected chi connectivity index (χ0v) is 14.0. The second-order valence-corrected chi connectivity index (χ2v) is 7.06. The third kappa shape index (κ3) is 3.37. The minimum atomic E-state index is 0. The van der Waals surface area contributed by atoms with Gasteiger partial charge in [-0.2, -0.15) is 0 Å². The van der Waals surface area contributed by atoms with E-state index in [0.717, 1.165) is 11.3 Å². The second-order valence-electron chi connectivity index (χ2n) is 4.92. The van der Waals surface area contributed by atoms with Gasteiger partial charge in [-0.3, -0.25) is 4.79 Å². The van der Waals surface area contributed by atoms with Crippen molar-refractivity contribution in [2.75, 3.05) is 6.54 Å². The molecule has 1 amide bonds. The van der Waals surface area contributed by atoms with Gasteiger partial charge in [0.2, 0.25) is 0 Å². The maximum atomic E-state index is 12.1. The number of hydrogen-bond donors (Lipinski definition) is 2. The molecule has 0 saturated heterocycles. The van der Waals surface area contributed by atoms with E-state index < -0.39 is 0 Å². The number of nitrogens with two attached hydrogens (primary N) is 1. The third-order valence-corrected chi connectivity index (χ3v) is 5.57. The van der Waals surface area contributed by atoms with E-state index >= 15 is 0 Å². The Morgan fingerprint density at radius 1 is 1.29 bits per heavy atom. The van der Waals surface area contributed by atoms with E-state index in [1.54, 1.807) is 22.7 Å². The molecule has 112 valence electrons. The fourth-order valence-corrected chi connectivity index (χ4v) is 4.55. The van der Waals surface area contributed by atoms with Crippen molar-refractivity contribution in [3.8, 4) is 0 Å². The predicted octanol–water partition coefficient (Wildman–Crippen LogP) is 4.00. The van der Waals surface area contributed by atoms with Crippen LogP contribution in [0, 0.1) is 0 Å². The molecule has 0 aliphatic rings. The van der Waals surface area contributed by atoms with E-state index in [9.17, 15) is 4.79 Å². The van der Waals surface area contributed by atoms with Gasteiger partial charge in [0.1, 0.15) is 0 Å². The lowest BCUT2D eigenvalue weighted by atomic mass is 10.2. The van der Waals surface area contributed by atoms with Crippen molar-refractivity contribution >= 4 is 60.5 Å². The van der Waals surface area contributed by atoms with Crippen LogP contribution in [0.5, 0.6) is 0 Å². The summed E-state index contributed by atoms with van der Waals surface area (Å²) in [6.45, 7) is 2.57. The van der Waals surface area contributed by atoms with Crippen molar-refractivity contribution in [2.45, 2.75) is 19.4 Å². The summed E-state index contributed by atoms with van der Waals surface area (Å²) in [5.74, 6) is 0.00290. The predicted molar refractivity (Wildman–Crippen MR) is 95.1 cm³/mol. The Hall–Kier alpha value is -1.14. The minimum Gasteiger partial charge on any atom is -0.351 e. The molecule has 0 bridgehead atoms. The van der Waals surface area contributed by atoms with E-state index in [1.807, 2.05) is 25.1 Å². The van der Waals surface area contributed by atoms with Crippen LogP contribution < -0.4 is 11.1 Å². The van der Waals surface area contributed by atoms with Crippen molar-refractivity contribution in [1.82, 2.24) is 5.32 Å². The number of amides is 1. The van der Waals surface area contributed by atoms with Crippen LogP contribution in [-0.2, 0) is 0 Å². The smallest absolute Gasteiger partial charge is 0.261 e. The molecule has 2 aromatic heterocycles. The van der Waals surface area contributed by atoms with Crippen molar-refractivity contribution in [2.24, 2.45) is 5.73 Å². The van der Waals surface area contributed by atoms with Crippen molar-refractivity contribution in [1.29, 1.82) is 0 Å². The average Bonchev–Trinajstić information content (AvgIpc) is 2.95. The summed E-state index contributed by atoms with van der Waals surface area (Å²) in [5, 5.41) is 4.17. The number of nitrogens with one attached hydrogen (secondary N) is 1. The summed E-state index contributed by atoms with van der Waals surface area (Å²) in [6.07, 6.45) is 0.800. The van der Waals surface area contributed by atoms with Crippen LogP contribution in [-0.4, -0.2) is 18.5 Å². The minimum absolute atomic E-state index is 0. The quantitative estimate of drug-likeness (QED) is 0.754. The van der Waals surface area contributed by atoms with Gasteiger partial charge in [-0.25, -0.2) is 0 Å². The number of rotatable bonds is 4. The van der Waals surface area contributed by atoms with Gasteiger partial charge in [0.05, 0.1) is 9.58 Å². The lowest BCUT2D eigenvalue weighted by molar-refractivity contribution is 0.0957. The van der Waals surface area contributed by atoms with E-state index in [1.165, 1.54) is 19.5 Å². The zero-order chi connectivity index (χ0) is 14.1. The largest absolute Gasteiger partial charge is 0.351 e. The van der Waals surface area contributed by atoms with Crippen LogP contribution >= 0.6 is 35.1 Å². The van der Waals surface area contributed by atoms with Crippen LogP contribution in [0.4, 0.5) is 0 Å². The Morgan fingerprint density at radius 3 is 2.81 bits per heavy atom. The van der Waals surface area contributed by atoms with Gasteiger partial charge in [-0.15, -0.1) is 35.1 Å². The molecule has 0 aliphatic carbocycles. The standard InChI is InChI=1S/C15H16N2OS2.ClH/c1-9(16)6-7-17-15(18)13-8-12-14(20-13)10-4-2-3-5-11(10)19-12;/h2-5,8-9H,6-7,16H2,1H3,(H,17,18);1H. The van der Waals surface area contributed by atoms with Gasteiger partial charge in [-0.1, -0.05) is 18.2 Å². The second kappa shape index (κ2) is 6.75. The average molecular weight is 341 g/mol. The Balaban J connectivity index is 0.00000161. The molecule has 0 saturated carbocycles. The highest BCUT2D eigenvalue weighted by molar-refractivity contribution is 7.33. The maximum absolute atomic E-state index is 12.1. The van der Waals surface area contributed by atoms with Gasteiger partial charge in [0.25, 0.3) is 5.91 Å². The number of halogens is 1. The molecule has 0 fully saturated rings. The molecule has 2 heterocycles.